The SMILES string of the molecule is CC(C(=O)O)N(C)C(=O)CCCCCc1cccs1. The van der Waals surface area contributed by atoms with Crippen LogP contribution in [0, 0.1) is 0 Å². The van der Waals surface area contributed by atoms with E-state index in [0.29, 0.717) is 6.42 Å². The molecule has 1 heterocycles. The van der Waals surface area contributed by atoms with Crippen LogP contribution < -0.4 is 0 Å². The molecular weight excluding hydrogens is 262 g/mol. The highest BCUT2D eigenvalue weighted by Gasteiger charge is 2.20. The lowest BCUT2D eigenvalue weighted by Crippen LogP contribution is -2.40. The first kappa shape index (κ1) is 15.7. The van der Waals surface area contributed by atoms with E-state index in [9.17, 15) is 9.59 Å². The van der Waals surface area contributed by atoms with Gasteiger partial charge in [-0.2, -0.15) is 0 Å². The highest BCUT2D eigenvalue weighted by molar-refractivity contribution is 7.09. The van der Waals surface area contributed by atoms with E-state index >= 15 is 0 Å². The maximum atomic E-state index is 11.7. The standard InChI is InChI=1S/C14H21NO3S/c1-11(14(17)18)15(2)13(16)9-5-3-4-7-12-8-6-10-19-12/h6,8,10-11H,3-5,7,9H2,1-2H3,(H,17,18). The van der Waals surface area contributed by atoms with E-state index in [-0.39, 0.29) is 5.91 Å². The number of nitrogens with zero attached hydrogens (tertiary/aromatic N) is 1. The van der Waals surface area contributed by atoms with Crippen LogP contribution >= 0.6 is 11.3 Å². The highest BCUT2D eigenvalue weighted by atomic mass is 32.1. The Bertz CT molecular complexity index is 403. The Labute approximate surface area is 118 Å². The second kappa shape index (κ2) is 7.94. The molecule has 1 aromatic heterocycles. The summed E-state index contributed by atoms with van der Waals surface area (Å²) < 4.78 is 0. The quantitative estimate of drug-likeness (QED) is 0.746. The molecule has 0 spiro atoms. The predicted molar refractivity (Wildman–Crippen MR) is 76.4 cm³/mol. The zero-order chi connectivity index (χ0) is 14.3. The summed E-state index contributed by atoms with van der Waals surface area (Å²) in [7, 11) is 1.55. The number of carbonyl (C=O) groups excluding carboxylic acids is 1. The van der Waals surface area contributed by atoms with Crippen molar-refractivity contribution < 1.29 is 14.7 Å². The smallest absolute Gasteiger partial charge is 0.326 e. The molecule has 5 heteroatoms. The van der Waals surface area contributed by atoms with Crippen LogP contribution in [0.15, 0.2) is 17.5 Å². The summed E-state index contributed by atoms with van der Waals surface area (Å²) in [5, 5.41) is 10.9. The Morgan fingerprint density at radius 1 is 1.37 bits per heavy atom. The summed E-state index contributed by atoms with van der Waals surface area (Å²) in [6.45, 7) is 1.52. The predicted octanol–water partition coefficient (Wildman–Crippen LogP) is 2.78. The molecule has 0 aliphatic rings. The molecule has 0 aromatic carbocycles. The third kappa shape index (κ3) is 5.42. The number of thiophene rings is 1. The van der Waals surface area contributed by atoms with Crippen molar-refractivity contribution >= 4 is 23.2 Å². The van der Waals surface area contributed by atoms with E-state index in [4.69, 9.17) is 5.11 Å². The van der Waals surface area contributed by atoms with E-state index in [2.05, 4.69) is 11.4 Å². The number of unbranched alkanes of at least 4 members (excludes halogenated alkanes) is 2. The molecule has 1 N–H and O–H groups in total. The van der Waals surface area contributed by atoms with Crippen molar-refractivity contribution in [3.05, 3.63) is 22.4 Å². The first-order valence-corrected chi connectivity index (χ1v) is 7.41. The zero-order valence-corrected chi connectivity index (χ0v) is 12.3. The van der Waals surface area contributed by atoms with Crippen molar-refractivity contribution in [3.63, 3.8) is 0 Å². The molecule has 1 atom stereocenters. The van der Waals surface area contributed by atoms with Crippen molar-refractivity contribution in [1.82, 2.24) is 4.90 Å². The van der Waals surface area contributed by atoms with Gasteiger partial charge in [0.25, 0.3) is 0 Å². The molecule has 1 amide bonds. The molecule has 106 valence electrons. The molecular formula is C14H21NO3S. The third-order valence-corrected chi connectivity index (χ3v) is 4.16. The number of aliphatic carboxylic acids is 1. The van der Waals surface area contributed by atoms with E-state index in [1.165, 1.54) is 16.7 Å². The molecule has 0 aliphatic heterocycles. The van der Waals surface area contributed by atoms with Crippen LogP contribution in [-0.4, -0.2) is 35.0 Å². The van der Waals surface area contributed by atoms with E-state index in [1.807, 2.05) is 6.07 Å². The molecule has 0 saturated carbocycles. The number of carboxylic acid groups (broad SMARTS) is 1. The molecule has 0 radical (unpaired) electrons. The lowest BCUT2D eigenvalue weighted by atomic mass is 10.1. The molecule has 0 bridgehead atoms. The molecule has 1 unspecified atom stereocenters. The molecule has 0 saturated heterocycles. The Morgan fingerprint density at radius 3 is 2.68 bits per heavy atom. The summed E-state index contributed by atoms with van der Waals surface area (Å²) >= 11 is 1.76. The Balaban J connectivity index is 2.15. The molecule has 4 nitrogen and oxygen atoms in total. The Hall–Kier alpha value is -1.36. The second-order valence-electron chi connectivity index (χ2n) is 4.66. The van der Waals surface area contributed by atoms with Crippen LogP contribution in [0.5, 0.6) is 0 Å². The van der Waals surface area contributed by atoms with Gasteiger partial charge in [0, 0.05) is 18.3 Å². The molecule has 1 aromatic rings. The molecule has 19 heavy (non-hydrogen) atoms. The van der Waals surface area contributed by atoms with Crippen LogP contribution in [0.1, 0.15) is 37.5 Å². The number of hydrogen-bond acceptors (Lipinski definition) is 3. The first-order valence-electron chi connectivity index (χ1n) is 6.53. The minimum Gasteiger partial charge on any atom is -0.480 e. The largest absolute Gasteiger partial charge is 0.480 e. The average Bonchev–Trinajstić information content (AvgIpc) is 2.89. The number of hydrogen-bond donors (Lipinski definition) is 1. The maximum absolute atomic E-state index is 11.7. The number of carbonyl (C=O) groups is 2. The number of rotatable bonds is 8. The summed E-state index contributed by atoms with van der Waals surface area (Å²) in [6.07, 6.45) is 4.39. The second-order valence-corrected chi connectivity index (χ2v) is 5.69. The van der Waals surface area contributed by atoms with Gasteiger partial charge in [-0.1, -0.05) is 12.5 Å². The van der Waals surface area contributed by atoms with Crippen molar-refractivity contribution in [2.75, 3.05) is 7.05 Å². The third-order valence-electron chi connectivity index (χ3n) is 3.23. The Morgan fingerprint density at radius 2 is 2.11 bits per heavy atom. The summed E-state index contributed by atoms with van der Waals surface area (Å²) in [5.41, 5.74) is 0. The van der Waals surface area contributed by atoms with Gasteiger partial charge in [0.2, 0.25) is 5.91 Å². The van der Waals surface area contributed by atoms with Gasteiger partial charge in [-0.3, -0.25) is 4.79 Å². The van der Waals surface area contributed by atoms with Gasteiger partial charge in [-0.25, -0.2) is 4.79 Å². The van der Waals surface area contributed by atoms with Gasteiger partial charge in [0.15, 0.2) is 0 Å². The van der Waals surface area contributed by atoms with E-state index in [1.54, 1.807) is 18.4 Å². The topological polar surface area (TPSA) is 57.6 Å². The molecule has 1 rings (SSSR count). The fourth-order valence-electron chi connectivity index (χ4n) is 1.77. The van der Waals surface area contributed by atoms with Crippen molar-refractivity contribution in [1.29, 1.82) is 0 Å². The maximum Gasteiger partial charge on any atom is 0.326 e. The lowest BCUT2D eigenvalue weighted by Gasteiger charge is -2.21. The van der Waals surface area contributed by atoms with Crippen LogP contribution in [0.3, 0.4) is 0 Å². The monoisotopic (exact) mass is 283 g/mol. The lowest BCUT2D eigenvalue weighted by molar-refractivity contribution is -0.148. The van der Waals surface area contributed by atoms with Gasteiger partial charge >= 0.3 is 5.97 Å². The van der Waals surface area contributed by atoms with Gasteiger partial charge in [-0.15, -0.1) is 11.3 Å². The molecule has 0 aliphatic carbocycles. The normalized spacial score (nSPS) is 12.1. The number of carboxylic acids is 1. The average molecular weight is 283 g/mol. The fourth-order valence-corrected chi connectivity index (χ4v) is 2.52. The van der Waals surface area contributed by atoms with Crippen LogP contribution in [0.25, 0.3) is 0 Å². The number of amides is 1. The summed E-state index contributed by atoms with van der Waals surface area (Å²) in [6, 6.07) is 3.42. The van der Waals surface area contributed by atoms with Gasteiger partial charge in [-0.05, 0) is 37.6 Å². The van der Waals surface area contributed by atoms with E-state index in [0.717, 1.165) is 25.7 Å². The van der Waals surface area contributed by atoms with Crippen LogP contribution in [0.2, 0.25) is 0 Å². The van der Waals surface area contributed by atoms with Crippen molar-refractivity contribution in [2.45, 2.75) is 45.1 Å². The van der Waals surface area contributed by atoms with Gasteiger partial charge in [0.05, 0.1) is 0 Å². The number of likely N-dealkylation sites (N-methyl/N-ethyl adjacent to an activating group) is 1. The van der Waals surface area contributed by atoms with Gasteiger partial charge < -0.3 is 10.0 Å². The molecule has 0 fully saturated rings. The van der Waals surface area contributed by atoms with Crippen LogP contribution in [-0.2, 0) is 16.0 Å². The van der Waals surface area contributed by atoms with Crippen molar-refractivity contribution in [3.8, 4) is 0 Å². The van der Waals surface area contributed by atoms with Crippen LogP contribution in [0.4, 0.5) is 0 Å². The minimum absolute atomic E-state index is 0.0916. The zero-order valence-electron chi connectivity index (χ0n) is 11.5. The van der Waals surface area contributed by atoms with Gasteiger partial charge in [0.1, 0.15) is 6.04 Å². The van der Waals surface area contributed by atoms with E-state index < -0.39 is 12.0 Å². The summed E-state index contributed by atoms with van der Waals surface area (Å²) in [5.74, 6) is -1.06. The fraction of sp³-hybridized carbons (Fsp3) is 0.571. The highest BCUT2D eigenvalue weighted by Crippen LogP contribution is 2.13. The Kier molecular flexibility index (Phi) is 6.56. The minimum atomic E-state index is -0.964. The first-order chi connectivity index (χ1) is 9.02. The summed E-state index contributed by atoms with van der Waals surface area (Å²) in [4.78, 5) is 25.2. The van der Waals surface area contributed by atoms with Crippen molar-refractivity contribution in [2.24, 2.45) is 0 Å². The number of aryl methyl sites for hydroxylation is 1.